The summed E-state index contributed by atoms with van der Waals surface area (Å²) in [6.45, 7) is 3.72. The van der Waals surface area contributed by atoms with Crippen molar-refractivity contribution >= 4 is 17.5 Å². The average molecular weight is 413 g/mol. The van der Waals surface area contributed by atoms with E-state index in [0.29, 0.717) is 22.7 Å². The van der Waals surface area contributed by atoms with E-state index >= 15 is 0 Å². The molecule has 29 heavy (non-hydrogen) atoms. The Labute approximate surface area is 172 Å². The van der Waals surface area contributed by atoms with E-state index in [1.165, 1.54) is 0 Å². The van der Waals surface area contributed by atoms with Crippen molar-refractivity contribution in [3.8, 4) is 5.69 Å². The fraction of sp³-hybridized carbons (Fsp3) is 0.238. The van der Waals surface area contributed by atoms with Crippen LogP contribution >= 0.6 is 11.6 Å². The van der Waals surface area contributed by atoms with Crippen LogP contribution in [0.5, 0.6) is 0 Å². The molecular weight excluding hydrogens is 392 g/mol. The Morgan fingerprint density at radius 1 is 1.14 bits per heavy atom. The number of aromatic nitrogens is 3. The largest absolute Gasteiger partial charge is 0.352 e. The number of para-hydroxylation sites is 1. The van der Waals surface area contributed by atoms with Crippen LogP contribution in [0.4, 0.5) is 0 Å². The average Bonchev–Trinajstić information content (AvgIpc) is 2.71. The van der Waals surface area contributed by atoms with Crippen molar-refractivity contribution in [2.45, 2.75) is 32.9 Å². The SMILES string of the molecule is CC[C@H](C)NC(=O)c1nn(-c2ccccc2)c(=O)n(Cc2cccc(Cl)c2)c1=O. The molecule has 3 aromatic rings. The quantitative estimate of drug-likeness (QED) is 0.674. The second kappa shape index (κ2) is 8.87. The number of nitrogens with one attached hydrogen (secondary N) is 1. The van der Waals surface area contributed by atoms with Crippen molar-refractivity contribution in [2.24, 2.45) is 0 Å². The Morgan fingerprint density at radius 2 is 1.86 bits per heavy atom. The topological polar surface area (TPSA) is 86.0 Å². The molecule has 1 heterocycles. The molecule has 0 saturated carbocycles. The summed E-state index contributed by atoms with van der Waals surface area (Å²) in [6, 6.07) is 15.4. The van der Waals surface area contributed by atoms with Gasteiger partial charge in [-0.15, -0.1) is 0 Å². The van der Waals surface area contributed by atoms with Gasteiger partial charge in [0.25, 0.3) is 11.5 Å². The molecule has 1 atom stereocenters. The molecule has 0 radical (unpaired) electrons. The number of hydrogen-bond acceptors (Lipinski definition) is 4. The third-order valence-electron chi connectivity index (χ3n) is 4.50. The number of benzene rings is 2. The molecule has 2 aromatic carbocycles. The smallest absolute Gasteiger partial charge is 0.348 e. The molecular formula is C21H21ClN4O3. The first kappa shape index (κ1) is 20.5. The van der Waals surface area contributed by atoms with Crippen LogP contribution in [0.1, 0.15) is 36.3 Å². The number of hydrogen-bond donors (Lipinski definition) is 1. The highest BCUT2D eigenvalue weighted by atomic mass is 35.5. The molecule has 0 spiro atoms. The van der Waals surface area contributed by atoms with Gasteiger partial charge in [0, 0.05) is 11.1 Å². The van der Waals surface area contributed by atoms with E-state index in [4.69, 9.17) is 11.6 Å². The molecule has 0 saturated heterocycles. The molecule has 1 amide bonds. The number of rotatable bonds is 6. The standard InChI is InChI=1S/C21H21ClN4O3/c1-3-14(2)23-19(27)18-20(28)25(13-15-8-7-9-16(22)12-15)21(29)26(24-18)17-10-5-4-6-11-17/h4-12,14H,3,13H2,1-2H3,(H,23,27)/t14-/m0/s1. The van der Waals surface area contributed by atoms with E-state index in [-0.39, 0.29) is 18.3 Å². The fourth-order valence-electron chi connectivity index (χ4n) is 2.75. The van der Waals surface area contributed by atoms with Gasteiger partial charge in [0.05, 0.1) is 12.2 Å². The minimum absolute atomic E-state index is 0.0306. The third kappa shape index (κ3) is 4.63. The lowest BCUT2D eigenvalue weighted by Crippen LogP contribution is -2.47. The number of nitrogens with zero attached hydrogens (tertiary/aromatic N) is 3. The normalized spacial score (nSPS) is 11.8. The number of carbonyl (C=O) groups is 1. The minimum atomic E-state index is -0.747. The molecule has 0 aliphatic rings. The van der Waals surface area contributed by atoms with E-state index in [2.05, 4.69) is 10.4 Å². The zero-order valence-corrected chi connectivity index (χ0v) is 16.9. The summed E-state index contributed by atoms with van der Waals surface area (Å²) in [5.74, 6) is -0.617. The summed E-state index contributed by atoms with van der Waals surface area (Å²) in [5.41, 5.74) is -0.606. The summed E-state index contributed by atoms with van der Waals surface area (Å²) < 4.78 is 2.06. The highest BCUT2D eigenvalue weighted by Gasteiger charge is 2.21. The number of halogens is 1. The predicted molar refractivity (Wildman–Crippen MR) is 112 cm³/mol. The Kier molecular flexibility index (Phi) is 6.29. The maximum absolute atomic E-state index is 13.0. The van der Waals surface area contributed by atoms with E-state index < -0.39 is 17.2 Å². The van der Waals surface area contributed by atoms with E-state index in [9.17, 15) is 14.4 Å². The number of carbonyl (C=O) groups excluding carboxylic acids is 1. The van der Waals surface area contributed by atoms with Gasteiger partial charge in [-0.05, 0) is 43.2 Å². The molecule has 0 fully saturated rings. The maximum atomic E-state index is 13.0. The number of amides is 1. The summed E-state index contributed by atoms with van der Waals surface area (Å²) in [4.78, 5) is 38.7. The molecule has 0 bridgehead atoms. The van der Waals surface area contributed by atoms with Crippen molar-refractivity contribution in [3.05, 3.63) is 91.7 Å². The maximum Gasteiger partial charge on any atom is 0.352 e. The molecule has 7 nitrogen and oxygen atoms in total. The summed E-state index contributed by atoms with van der Waals surface area (Å²) in [7, 11) is 0. The van der Waals surface area contributed by atoms with Crippen molar-refractivity contribution in [3.63, 3.8) is 0 Å². The molecule has 0 unspecified atom stereocenters. The molecule has 150 valence electrons. The van der Waals surface area contributed by atoms with Crippen LogP contribution in [0.15, 0.2) is 64.2 Å². The van der Waals surface area contributed by atoms with Gasteiger partial charge >= 0.3 is 5.69 Å². The Bertz CT molecular complexity index is 1140. The van der Waals surface area contributed by atoms with Crippen LogP contribution in [0.2, 0.25) is 5.02 Å². The third-order valence-corrected chi connectivity index (χ3v) is 4.73. The molecule has 0 aliphatic heterocycles. The van der Waals surface area contributed by atoms with Gasteiger partial charge < -0.3 is 5.32 Å². The zero-order valence-electron chi connectivity index (χ0n) is 16.1. The van der Waals surface area contributed by atoms with Crippen LogP contribution in [0, 0.1) is 0 Å². The van der Waals surface area contributed by atoms with Crippen LogP contribution in [-0.2, 0) is 6.54 Å². The van der Waals surface area contributed by atoms with Gasteiger partial charge in [0.15, 0.2) is 0 Å². The lowest BCUT2D eigenvalue weighted by atomic mass is 10.2. The highest BCUT2D eigenvalue weighted by molar-refractivity contribution is 6.30. The zero-order chi connectivity index (χ0) is 21.0. The van der Waals surface area contributed by atoms with Gasteiger partial charge in [-0.3, -0.25) is 14.2 Å². The summed E-state index contributed by atoms with van der Waals surface area (Å²) in [5, 5.41) is 7.30. The molecule has 0 aliphatic carbocycles. The van der Waals surface area contributed by atoms with Crippen LogP contribution in [0.25, 0.3) is 5.69 Å². The second-order valence-corrected chi connectivity index (χ2v) is 7.12. The first-order chi connectivity index (χ1) is 13.9. The fourth-order valence-corrected chi connectivity index (χ4v) is 2.96. The lowest BCUT2D eigenvalue weighted by Gasteiger charge is -2.14. The van der Waals surface area contributed by atoms with Gasteiger partial charge in [-0.2, -0.15) is 9.78 Å². The highest BCUT2D eigenvalue weighted by Crippen LogP contribution is 2.11. The van der Waals surface area contributed by atoms with E-state index in [0.717, 1.165) is 9.25 Å². The molecule has 8 heteroatoms. The first-order valence-corrected chi connectivity index (χ1v) is 9.63. The monoisotopic (exact) mass is 412 g/mol. The Hall–Kier alpha value is -3.19. The Morgan fingerprint density at radius 3 is 2.52 bits per heavy atom. The summed E-state index contributed by atoms with van der Waals surface area (Å²) in [6.07, 6.45) is 0.695. The van der Waals surface area contributed by atoms with E-state index in [1.807, 2.05) is 13.8 Å². The molecule has 3 rings (SSSR count). The van der Waals surface area contributed by atoms with Gasteiger partial charge in [-0.25, -0.2) is 4.79 Å². The first-order valence-electron chi connectivity index (χ1n) is 9.25. The molecule has 1 aromatic heterocycles. The summed E-state index contributed by atoms with van der Waals surface area (Å²) >= 11 is 6.03. The Balaban J connectivity index is 2.18. The minimum Gasteiger partial charge on any atom is -0.348 e. The van der Waals surface area contributed by atoms with Crippen molar-refractivity contribution < 1.29 is 4.79 Å². The predicted octanol–water partition coefficient (Wildman–Crippen LogP) is 2.62. The van der Waals surface area contributed by atoms with Crippen molar-refractivity contribution in [1.82, 2.24) is 19.7 Å². The van der Waals surface area contributed by atoms with Crippen LogP contribution < -0.4 is 16.6 Å². The van der Waals surface area contributed by atoms with Gasteiger partial charge in [-0.1, -0.05) is 48.9 Å². The van der Waals surface area contributed by atoms with Crippen LogP contribution in [-0.4, -0.2) is 26.3 Å². The van der Waals surface area contributed by atoms with Crippen LogP contribution in [0.3, 0.4) is 0 Å². The van der Waals surface area contributed by atoms with E-state index in [1.54, 1.807) is 54.6 Å². The van der Waals surface area contributed by atoms with Crippen molar-refractivity contribution in [2.75, 3.05) is 0 Å². The lowest BCUT2D eigenvalue weighted by molar-refractivity contribution is 0.0929. The van der Waals surface area contributed by atoms with Gasteiger partial charge in [0.2, 0.25) is 5.69 Å². The van der Waals surface area contributed by atoms with Gasteiger partial charge in [0.1, 0.15) is 0 Å². The molecule has 1 N–H and O–H groups in total. The second-order valence-electron chi connectivity index (χ2n) is 6.68. The van der Waals surface area contributed by atoms with Crippen molar-refractivity contribution in [1.29, 1.82) is 0 Å².